The molecule has 0 aliphatic carbocycles. The summed E-state index contributed by atoms with van der Waals surface area (Å²) in [7, 11) is -17.4. The van der Waals surface area contributed by atoms with Crippen LogP contribution < -0.4 is 4.13 Å². The zero-order chi connectivity index (χ0) is 27.7. The number of sulfonamides is 2. The smallest absolute Gasteiger partial charge is 0.205 e. The molecule has 0 amide bonds. The summed E-state index contributed by atoms with van der Waals surface area (Å²) in [6.07, 6.45) is -15.5. The summed E-state index contributed by atoms with van der Waals surface area (Å²) in [5.74, 6) is -32.9. The summed E-state index contributed by atoms with van der Waals surface area (Å²) in [4.78, 5) is 0. The van der Waals surface area contributed by atoms with Crippen molar-refractivity contribution in [2.75, 3.05) is 0 Å². The van der Waals surface area contributed by atoms with Gasteiger partial charge in [0.05, 0.1) is 0 Å². The Morgan fingerprint density at radius 2 is 0.588 bits per heavy atom. The van der Waals surface area contributed by atoms with E-state index < -0.39 is 70.7 Å². The van der Waals surface area contributed by atoms with E-state index in [4.69, 9.17) is 0 Å². The van der Waals surface area contributed by atoms with Crippen molar-refractivity contribution in [3.05, 3.63) is 0 Å². The molecule has 0 heterocycles. The molecule has 1 radical (unpaired) electrons. The Labute approximate surface area is 218 Å². The van der Waals surface area contributed by atoms with E-state index in [0.717, 1.165) is 0 Å². The van der Waals surface area contributed by atoms with Crippen LogP contribution in [0.3, 0.4) is 0 Å². The third-order valence-corrected chi connectivity index (χ3v) is 6.74. The van der Waals surface area contributed by atoms with Crippen LogP contribution in [0.5, 0.6) is 0 Å². The molecular weight excluding hydrogens is 619 g/mol. The predicted molar refractivity (Wildman–Crippen MR) is 70.6 cm³/mol. The molecule has 0 saturated carbocycles. The van der Waals surface area contributed by atoms with Crippen LogP contribution in [-0.4, -0.2) is 115 Å². The topological polar surface area (TPSA) is 80.3 Å². The van der Waals surface area contributed by atoms with E-state index in [1.807, 2.05) is 0 Å². The predicted octanol–water partition coefficient (Wildman–Crippen LogP) is 3.95. The van der Waals surface area contributed by atoms with Gasteiger partial charge in [0.2, 0.25) is 0 Å². The first kappa shape index (κ1) is 36.4. The first-order valence-corrected chi connectivity index (χ1v) is 9.35. The largest absolute Gasteiger partial charge is 0.460 e. The molecule has 5 nitrogen and oxygen atoms in total. The minimum Gasteiger partial charge on any atom is -0.205 e. The second kappa shape index (κ2) is 9.21. The van der Waals surface area contributed by atoms with Gasteiger partial charge in [-0.05, 0) is 0 Å². The third-order valence-electron chi connectivity index (χ3n) is 3.13. The van der Waals surface area contributed by atoms with Crippen LogP contribution in [-0.2, 0) is 20.0 Å². The Balaban J connectivity index is -0.00000512. The second-order valence-corrected chi connectivity index (χ2v) is 9.12. The second-order valence-electron chi connectivity index (χ2n) is 5.42. The quantitative estimate of drug-likeness (QED) is 0.329. The van der Waals surface area contributed by atoms with E-state index in [-0.39, 0.29) is 52.8 Å². The molecule has 0 bridgehead atoms. The van der Waals surface area contributed by atoms with Crippen LogP contribution in [0.15, 0.2) is 0 Å². The van der Waals surface area contributed by atoms with Crippen LogP contribution in [0.1, 0.15) is 1.43 Å². The molecule has 0 spiro atoms. The van der Waals surface area contributed by atoms with E-state index in [0.29, 0.717) is 0 Å². The molecule has 0 aliphatic rings. The Morgan fingerprint density at radius 3 is 0.735 bits per heavy atom. The normalized spacial score (nSPS) is 16.3. The number of hydrogen-bond acceptors (Lipinski definition) is 4. The van der Waals surface area contributed by atoms with Gasteiger partial charge in [0.15, 0.2) is 0 Å². The zero-order valence-corrected chi connectivity index (χ0v) is 19.5. The van der Waals surface area contributed by atoms with Crippen LogP contribution in [0, 0.1) is 0 Å². The summed E-state index contributed by atoms with van der Waals surface area (Å²) < 4.78 is 268. The maximum atomic E-state index is 13.2. The maximum absolute atomic E-state index is 13.2. The fourth-order valence-corrected chi connectivity index (χ4v) is 4.23. The van der Waals surface area contributed by atoms with Gasteiger partial charge < -0.3 is 0 Å². The summed E-state index contributed by atoms with van der Waals surface area (Å²) in [6.45, 7) is 0. The SMILES string of the molecule is O=S(=O)(NS(=O)(=O)C(F)(F)C(F)(F)C(F)(F)C(F)(F)F)C(F)(F)C(F)(F)C(F)(F)C(F)(F)F.[HH].[K]. The van der Waals surface area contributed by atoms with Gasteiger partial charge in [0, 0.05) is 52.8 Å². The molecule has 0 saturated heterocycles. The van der Waals surface area contributed by atoms with Gasteiger partial charge >= 0.3 is 46.6 Å². The fourth-order valence-electron chi connectivity index (χ4n) is 1.31. The van der Waals surface area contributed by atoms with Crippen LogP contribution in [0.25, 0.3) is 0 Å². The van der Waals surface area contributed by atoms with Crippen molar-refractivity contribution in [1.29, 1.82) is 0 Å². The Bertz CT molecular complexity index is 893. The number of rotatable bonds is 8. The molecule has 0 fully saturated rings. The maximum Gasteiger partial charge on any atom is 0.460 e. The molecule has 34 heavy (non-hydrogen) atoms. The molecular formula is C8H3F18KNO4S2. The number of nitrogens with one attached hydrogen (secondary N) is 1. The molecule has 26 heteroatoms. The summed E-state index contributed by atoms with van der Waals surface area (Å²) in [5, 5.41) is -16.3. The van der Waals surface area contributed by atoms with E-state index in [9.17, 15) is 95.9 Å². The molecule has 203 valence electrons. The minimum absolute atomic E-state index is 0. The summed E-state index contributed by atoms with van der Waals surface area (Å²) >= 11 is 0. The Hall–Kier alpha value is 0.236. The minimum atomic E-state index is -8.68. The van der Waals surface area contributed by atoms with E-state index in [1.165, 1.54) is 0 Å². The van der Waals surface area contributed by atoms with Crippen LogP contribution in [0.2, 0.25) is 0 Å². The zero-order valence-electron chi connectivity index (χ0n) is 14.8. The standard InChI is InChI=1S/C8HF18NO4S2.K.H2/c9-1(10,5(17,18)19)3(13,14)7(23,24)32(28,29)27-33(30,31)8(25,26)4(15,16)2(11,12)6(20,21)22;;/h27H;;1H. The van der Waals surface area contributed by atoms with Crippen molar-refractivity contribution in [3.63, 3.8) is 0 Å². The fraction of sp³-hybridized carbons (Fsp3) is 1.00. The van der Waals surface area contributed by atoms with Crippen molar-refractivity contribution < 1.29 is 97.3 Å². The van der Waals surface area contributed by atoms with Crippen LogP contribution in [0.4, 0.5) is 79.0 Å². The van der Waals surface area contributed by atoms with Crippen molar-refractivity contribution in [3.8, 4) is 0 Å². The number of alkyl halides is 18. The average molecular weight is 622 g/mol. The molecule has 0 unspecified atom stereocenters. The Kier molecular flexibility index (Phi) is 9.86. The molecule has 0 aromatic rings. The van der Waals surface area contributed by atoms with Crippen molar-refractivity contribution >= 4 is 71.4 Å². The average Bonchev–Trinajstić information content (AvgIpc) is 2.50. The molecule has 0 aliphatic heterocycles. The first-order valence-electron chi connectivity index (χ1n) is 6.38. The number of halogens is 18. The Morgan fingerprint density at radius 1 is 0.412 bits per heavy atom. The molecule has 1 N–H and O–H groups in total. The van der Waals surface area contributed by atoms with E-state index in [1.54, 1.807) is 0 Å². The molecule has 0 aromatic heterocycles. The van der Waals surface area contributed by atoms with Gasteiger partial charge in [-0.15, -0.1) is 0 Å². The first-order chi connectivity index (χ1) is 13.7. The van der Waals surface area contributed by atoms with E-state index >= 15 is 0 Å². The van der Waals surface area contributed by atoms with Crippen LogP contribution >= 0.6 is 0 Å². The third kappa shape index (κ3) is 5.14. The van der Waals surface area contributed by atoms with Gasteiger partial charge in [-0.1, -0.05) is 4.13 Å². The van der Waals surface area contributed by atoms with Crippen molar-refractivity contribution in [1.82, 2.24) is 4.13 Å². The van der Waals surface area contributed by atoms with Gasteiger partial charge in [-0.3, -0.25) is 0 Å². The van der Waals surface area contributed by atoms with Gasteiger partial charge in [0.1, 0.15) is 0 Å². The van der Waals surface area contributed by atoms with Crippen molar-refractivity contribution in [2.24, 2.45) is 0 Å². The monoisotopic (exact) mass is 622 g/mol. The summed E-state index contributed by atoms with van der Waals surface area (Å²) in [5.41, 5.74) is 0. The van der Waals surface area contributed by atoms with Gasteiger partial charge in [-0.2, -0.15) is 79.0 Å². The molecule has 0 aromatic carbocycles. The van der Waals surface area contributed by atoms with Crippen molar-refractivity contribution in [2.45, 2.75) is 46.6 Å². The number of hydrogen-bond donors (Lipinski definition) is 1. The summed E-state index contributed by atoms with van der Waals surface area (Å²) in [6, 6.07) is 0. The van der Waals surface area contributed by atoms with Gasteiger partial charge in [-0.25, -0.2) is 16.8 Å². The van der Waals surface area contributed by atoms with E-state index in [2.05, 4.69) is 0 Å². The van der Waals surface area contributed by atoms with Gasteiger partial charge in [0.25, 0.3) is 20.0 Å². The molecule has 0 rings (SSSR count). The molecule has 0 atom stereocenters.